The predicted molar refractivity (Wildman–Crippen MR) is 109 cm³/mol. The molecule has 1 atom stereocenters. The largest absolute Gasteiger partial charge is 0.345 e. The number of halogens is 1. The first kappa shape index (κ1) is 19.3. The summed E-state index contributed by atoms with van der Waals surface area (Å²) in [5, 5.41) is 9.62. The summed E-state index contributed by atoms with van der Waals surface area (Å²) in [5.41, 5.74) is 2.49. The summed E-state index contributed by atoms with van der Waals surface area (Å²) in [7, 11) is 0. The molecule has 0 saturated carbocycles. The molecule has 0 unspecified atom stereocenters. The van der Waals surface area contributed by atoms with Crippen LogP contribution in [-0.2, 0) is 11.3 Å². The van der Waals surface area contributed by atoms with Gasteiger partial charge in [0.25, 0.3) is 5.91 Å². The first-order valence-corrected chi connectivity index (χ1v) is 9.31. The number of aromatic nitrogens is 4. The van der Waals surface area contributed by atoms with Crippen molar-refractivity contribution in [2.75, 3.05) is 5.32 Å². The molecule has 9 heteroatoms. The molecule has 0 aliphatic carbocycles. The molecule has 30 heavy (non-hydrogen) atoms. The SMILES string of the molecule is C[C@@H](NC(=O)Cn1cc(NC(=O)c2ccc(F)cc2)cn1)c1nc2ccccc2[nH]1. The number of carbonyl (C=O) groups excluding carboxylic acids is 2. The maximum absolute atomic E-state index is 13.0. The van der Waals surface area contributed by atoms with Gasteiger partial charge in [0.1, 0.15) is 18.2 Å². The summed E-state index contributed by atoms with van der Waals surface area (Å²) in [6, 6.07) is 12.5. The molecular weight excluding hydrogens is 387 g/mol. The third-order valence-corrected chi connectivity index (χ3v) is 4.50. The molecule has 0 saturated heterocycles. The summed E-state index contributed by atoms with van der Waals surface area (Å²) in [6.07, 6.45) is 2.99. The number of carbonyl (C=O) groups is 2. The highest BCUT2D eigenvalue weighted by atomic mass is 19.1. The van der Waals surface area contributed by atoms with E-state index in [1.165, 1.54) is 35.1 Å². The number of anilines is 1. The third-order valence-electron chi connectivity index (χ3n) is 4.50. The van der Waals surface area contributed by atoms with E-state index in [1.54, 1.807) is 6.20 Å². The summed E-state index contributed by atoms with van der Waals surface area (Å²) < 4.78 is 14.4. The highest BCUT2D eigenvalue weighted by Gasteiger charge is 2.15. The number of H-pyrrole nitrogens is 1. The van der Waals surface area contributed by atoms with Crippen LogP contribution in [-0.4, -0.2) is 31.6 Å². The zero-order valence-electron chi connectivity index (χ0n) is 16.1. The van der Waals surface area contributed by atoms with Crippen molar-refractivity contribution >= 4 is 28.5 Å². The normalized spacial score (nSPS) is 11.9. The molecule has 2 amide bonds. The average molecular weight is 406 g/mol. The Morgan fingerprint density at radius 3 is 2.70 bits per heavy atom. The molecule has 0 aliphatic heterocycles. The van der Waals surface area contributed by atoms with E-state index in [9.17, 15) is 14.0 Å². The molecular formula is C21H19FN6O2. The molecule has 4 aromatic rings. The van der Waals surface area contributed by atoms with Gasteiger partial charge in [-0.2, -0.15) is 5.10 Å². The quantitative estimate of drug-likeness (QED) is 0.458. The Hall–Kier alpha value is -4.01. The summed E-state index contributed by atoms with van der Waals surface area (Å²) >= 11 is 0. The molecule has 8 nitrogen and oxygen atoms in total. The van der Waals surface area contributed by atoms with Gasteiger partial charge in [-0.3, -0.25) is 14.3 Å². The minimum Gasteiger partial charge on any atom is -0.345 e. The Morgan fingerprint density at radius 2 is 1.93 bits per heavy atom. The van der Waals surface area contributed by atoms with Crippen LogP contribution in [0.2, 0.25) is 0 Å². The number of rotatable bonds is 6. The molecule has 0 bridgehead atoms. The number of nitrogens with one attached hydrogen (secondary N) is 3. The number of hydrogen-bond acceptors (Lipinski definition) is 4. The molecule has 0 fully saturated rings. The molecule has 0 aliphatic rings. The lowest BCUT2D eigenvalue weighted by Gasteiger charge is -2.11. The number of amides is 2. The lowest BCUT2D eigenvalue weighted by Crippen LogP contribution is -2.30. The van der Waals surface area contributed by atoms with Crippen LogP contribution >= 0.6 is 0 Å². The van der Waals surface area contributed by atoms with Crippen molar-refractivity contribution in [3.63, 3.8) is 0 Å². The van der Waals surface area contributed by atoms with Gasteiger partial charge in [0.15, 0.2) is 0 Å². The topological polar surface area (TPSA) is 105 Å². The molecule has 0 radical (unpaired) electrons. The maximum atomic E-state index is 13.0. The van der Waals surface area contributed by atoms with Gasteiger partial charge in [0, 0.05) is 11.8 Å². The van der Waals surface area contributed by atoms with Gasteiger partial charge in [0.05, 0.1) is 29.0 Å². The Labute approximate surface area is 171 Å². The number of aromatic amines is 1. The highest BCUT2D eigenvalue weighted by molar-refractivity contribution is 6.04. The standard InChI is InChI=1S/C21H19FN6O2/c1-13(20-26-17-4-2-3-5-18(17)27-20)24-19(29)12-28-11-16(10-23-28)25-21(30)14-6-8-15(22)9-7-14/h2-11,13H,12H2,1H3,(H,24,29)(H,25,30)(H,26,27)/t13-/m1/s1. The van der Waals surface area contributed by atoms with Crippen LogP contribution < -0.4 is 10.6 Å². The Balaban J connectivity index is 1.34. The lowest BCUT2D eigenvalue weighted by molar-refractivity contribution is -0.122. The van der Waals surface area contributed by atoms with E-state index in [2.05, 4.69) is 25.7 Å². The van der Waals surface area contributed by atoms with Crippen LogP contribution in [0.25, 0.3) is 11.0 Å². The number of nitrogens with zero attached hydrogens (tertiary/aromatic N) is 3. The smallest absolute Gasteiger partial charge is 0.255 e. The second-order valence-electron chi connectivity index (χ2n) is 6.82. The molecule has 4 rings (SSSR count). The molecule has 3 N–H and O–H groups in total. The zero-order chi connectivity index (χ0) is 21.1. The fourth-order valence-corrected chi connectivity index (χ4v) is 3.00. The first-order chi connectivity index (χ1) is 14.5. The second kappa shape index (κ2) is 8.16. The highest BCUT2D eigenvalue weighted by Crippen LogP contribution is 2.15. The fourth-order valence-electron chi connectivity index (χ4n) is 3.00. The number of hydrogen-bond donors (Lipinski definition) is 3. The van der Waals surface area contributed by atoms with Crippen LogP contribution in [0.5, 0.6) is 0 Å². The van der Waals surface area contributed by atoms with Gasteiger partial charge in [-0.1, -0.05) is 12.1 Å². The van der Waals surface area contributed by atoms with Crippen LogP contribution in [0.15, 0.2) is 60.9 Å². The summed E-state index contributed by atoms with van der Waals surface area (Å²) in [5.74, 6) is -0.389. The van der Waals surface area contributed by atoms with E-state index in [0.29, 0.717) is 17.1 Å². The van der Waals surface area contributed by atoms with E-state index in [1.807, 2.05) is 31.2 Å². The second-order valence-corrected chi connectivity index (χ2v) is 6.82. The first-order valence-electron chi connectivity index (χ1n) is 9.31. The number of para-hydroxylation sites is 2. The Morgan fingerprint density at radius 1 is 1.17 bits per heavy atom. The van der Waals surface area contributed by atoms with Crippen molar-refractivity contribution in [1.82, 2.24) is 25.1 Å². The van der Waals surface area contributed by atoms with Crippen molar-refractivity contribution < 1.29 is 14.0 Å². The monoisotopic (exact) mass is 406 g/mol. The van der Waals surface area contributed by atoms with Crippen molar-refractivity contribution in [2.45, 2.75) is 19.5 Å². The van der Waals surface area contributed by atoms with Crippen LogP contribution in [0.4, 0.5) is 10.1 Å². The minimum absolute atomic E-state index is 0.0169. The summed E-state index contributed by atoms with van der Waals surface area (Å²) in [6.45, 7) is 1.82. The van der Waals surface area contributed by atoms with Crippen molar-refractivity contribution in [2.24, 2.45) is 0 Å². The van der Waals surface area contributed by atoms with Gasteiger partial charge in [-0.15, -0.1) is 0 Å². The van der Waals surface area contributed by atoms with E-state index < -0.39 is 11.7 Å². The Bertz CT molecular complexity index is 1160. The maximum Gasteiger partial charge on any atom is 0.255 e. The number of imidazole rings is 1. The van der Waals surface area contributed by atoms with E-state index in [0.717, 1.165) is 11.0 Å². The van der Waals surface area contributed by atoms with Crippen molar-refractivity contribution in [3.05, 3.63) is 78.1 Å². The van der Waals surface area contributed by atoms with Crippen LogP contribution in [0.1, 0.15) is 29.1 Å². The Kier molecular flexibility index (Phi) is 5.25. The van der Waals surface area contributed by atoms with Gasteiger partial charge >= 0.3 is 0 Å². The summed E-state index contributed by atoms with van der Waals surface area (Å²) in [4.78, 5) is 32.2. The van der Waals surface area contributed by atoms with E-state index in [4.69, 9.17) is 0 Å². The van der Waals surface area contributed by atoms with E-state index >= 15 is 0 Å². The third kappa shape index (κ3) is 4.35. The molecule has 2 aromatic heterocycles. The number of fused-ring (bicyclic) bond motifs is 1. The minimum atomic E-state index is -0.415. The van der Waals surface area contributed by atoms with Crippen LogP contribution in [0, 0.1) is 5.82 Å². The molecule has 2 heterocycles. The van der Waals surface area contributed by atoms with Crippen LogP contribution in [0.3, 0.4) is 0 Å². The molecule has 2 aromatic carbocycles. The predicted octanol–water partition coefficient (Wildman–Crippen LogP) is 3.03. The molecule has 152 valence electrons. The zero-order valence-corrected chi connectivity index (χ0v) is 16.1. The molecule has 0 spiro atoms. The van der Waals surface area contributed by atoms with Crippen molar-refractivity contribution in [3.8, 4) is 0 Å². The fraction of sp³-hybridized carbons (Fsp3) is 0.143. The lowest BCUT2D eigenvalue weighted by atomic mass is 10.2. The van der Waals surface area contributed by atoms with Gasteiger partial charge in [-0.05, 0) is 43.3 Å². The number of benzene rings is 2. The average Bonchev–Trinajstić information content (AvgIpc) is 3.35. The van der Waals surface area contributed by atoms with E-state index in [-0.39, 0.29) is 18.5 Å². The van der Waals surface area contributed by atoms with Gasteiger partial charge in [-0.25, -0.2) is 9.37 Å². The van der Waals surface area contributed by atoms with Crippen molar-refractivity contribution in [1.29, 1.82) is 0 Å². The van der Waals surface area contributed by atoms with Gasteiger partial charge in [0.2, 0.25) is 5.91 Å². The van der Waals surface area contributed by atoms with Gasteiger partial charge < -0.3 is 15.6 Å².